The number of hydrogen-bond donors (Lipinski definition) is 2. The number of methoxy groups -OCH3 is 2. The van der Waals surface area contributed by atoms with Crippen LogP contribution in [-0.4, -0.2) is 25.1 Å². The Balaban J connectivity index is 1.70. The van der Waals surface area contributed by atoms with Crippen molar-refractivity contribution in [3.05, 3.63) is 71.0 Å². The van der Waals surface area contributed by atoms with Crippen molar-refractivity contribution < 1.29 is 14.3 Å². The number of halogens is 1. The molecule has 1 aromatic heterocycles. The molecule has 144 valence electrons. The van der Waals surface area contributed by atoms with E-state index in [1.54, 1.807) is 43.6 Å². The van der Waals surface area contributed by atoms with E-state index in [2.05, 4.69) is 15.6 Å². The van der Waals surface area contributed by atoms with Gasteiger partial charge in [-0.25, -0.2) is 4.98 Å². The summed E-state index contributed by atoms with van der Waals surface area (Å²) in [4.78, 5) is 16.7. The topological polar surface area (TPSA) is 72.5 Å². The molecule has 0 aliphatic carbocycles. The molecule has 0 radical (unpaired) electrons. The molecule has 6 nitrogen and oxygen atoms in total. The number of anilines is 3. The van der Waals surface area contributed by atoms with Gasteiger partial charge >= 0.3 is 0 Å². The molecule has 0 saturated heterocycles. The molecule has 3 rings (SSSR count). The van der Waals surface area contributed by atoms with Crippen molar-refractivity contribution in [3.8, 4) is 11.5 Å². The summed E-state index contributed by atoms with van der Waals surface area (Å²) in [5.74, 6) is 0.801. The molecule has 1 heterocycles. The summed E-state index contributed by atoms with van der Waals surface area (Å²) >= 11 is 6.14. The maximum Gasteiger partial charge on any atom is 0.274 e. The van der Waals surface area contributed by atoms with E-state index in [0.29, 0.717) is 22.2 Å². The van der Waals surface area contributed by atoms with Crippen LogP contribution in [0.5, 0.6) is 11.5 Å². The highest BCUT2D eigenvalue weighted by Gasteiger charge is 2.12. The first kappa shape index (κ1) is 19.5. The van der Waals surface area contributed by atoms with Crippen LogP contribution in [0.25, 0.3) is 0 Å². The number of benzene rings is 2. The predicted molar refractivity (Wildman–Crippen MR) is 111 cm³/mol. The smallest absolute Gasteiger partial charge is 0.274 e. The highest BCUT2D eigenvalue weighted by molar-refractivity contribution is 6.31. The summed E-state index contributed by atoms with van der Waals surface area (Å²) in [6, 6.07) is 14.3. The van der Waals surface area contributed by atoms with Crippen LogP contribution in [0.2, 0.25) is 5.02 Å². The first-order valence-electron chi connectivity index (χ1n) is 8.53. The van der Waals surface area contributed by atoms with Crippen molar-refractivity contribution >= 4 is 34.6 Å². The maximum atomic E-state index is 12.5. The first-order chi connectivity index (χ1) is 13.5. The van der Waals surface area contributed by atoms with E-state index in [4.69, 9.17) is 21.1 Å². The monoisotopic (exact) mass is 397 g/mol. The summed E-state index contributed by atoms with van der Waals surface area (Å²) in [7, 11) is 3.09. The second-order valence-corrected chi connectivity index (χ2v) is 6.45. The van der Waals surface area contributed by atoms with Crippen molar-refractivity contribution in [3.63, 3.8) is 0 Å². The molecule has 3 aromatic rings. The van der Waals surface area contributed by atoms with Gasteiger partial charge in [0.2, 0.25) is 0 Å². The van der Waals surface area contributed by atoms with E-state index in [9.17, 15) is 4.79 Å². The van der Waals surface area contributed by atoms with Gasteiger partial charge in [0.15, 0.2) is 0 Å². The molecular weight excluding hydrogens is 378 g/mol. The Labute approximate surface area is 168 Å². The Kier molecular flexibility index (Phi) is 6.01. The highest BCUT2D eigenvalue weighted by atomic mass is 35.5. The average molecular weight is 398 g/mol. The molecule has 28 heavy (non-hydrogen) atoms. The Morgan fingerprint density at radius 2 is 1.79 bits per heavy atom. The van der Waals surface area contributed by atoms with Gasteiger partial charge in [0.05, 0.1) is 31.8 Å². The van der Waals surface area contributed by atoms with Crippen LogP contribution in [0.4, 0.5) is 17.1 Å². The zero-order valence-electron chi connectivity index (χ0n) is 15.7. The molecule has 2 N–H and O–H groups in total. The van der Waals surface area contributed by atoms with Crippen LogP contribution in [0.15, 0.2) is 54.7 Å². The minimum absolute atomic E-state index is 0.283. The zero-order valence-corrected chi connectivity index (χ0v) is 16.5. The maximum absolute atomic E-state index is 12.5. The van der Waals surface area contributed by atoms with Gasteiger partial charge in [0.25, 0.3) is 5.91 Å². The number of amides is 1. The van der Waals surface area contributed by atoms with Gasteiger partial charge in [-0.05, 0) is 48.9 Å². The number of aryl methyl sites for hydroxylation is 1. The largest absolute Gasteiger partial charge is 0.497 e. The number of carbonyl (C=O) groups is 1. The minimum atomic E-state index is -0.339. The Morgan fingerprint density at radius 3 is 2.43 bits per heavy atom. The van der Waals surface area contributed by atoms with Crippen LogP contribution < -0.4 is 20.1 Å². The van der Waals surface area contributed by atoms with Crippen molar-refractivity contribution in [2.75, 3.05) is 24.9 Å². The van der Waals surface area contributed by atoms with E-state index in [1.807, 2.05) is 25.1 Å². The van der Waals surface area contributed by atoms with Gasteiger partial charge in [0.1, 0.15) is 17.2 Å². The first-order valence-corrected chi connectivity index (χ1v) is 8.90. The number of nitrogens with one attached hydrogen (secondary N) is 2. The minimum Gasteiger partial charge on any atom is -0.497 e. The lowest BCUT2D eigenvalue weighted by Crippen LogP contribution is -2.14. The molecule has 1 amide bonds. The fraction of sp³-hybridized carbons (Fsp3) is 0.143. The van der Waals surface area contributed by atoms with E-state index in [1.165, 1.54) is 7.11 Å². The Bertz CT molecular complexity index is 991. The summed E-state index contributed by atoms with van der Waals surface area (Å²) < 4.78 is 10.4. The SMILES string of the molecule is COc1ccc(NC(=O)c2ccc(Nc3ccc(C)c(Cl)c3)cn2)c(OC)c1. The lowest BCUT2D eigenvalue weighted by molar-refractivity contribution is 0.102. The van der Waals surface area contributed by atoms with E-state index >= 15 is 0 Å². The molecule has 0 aliphatic heterocycles. The number of hydrogen-bond acceptors (Lipinski definition) is 5. The molecule has 0 fully saturated rings. The lowest BCUT2D eigenvalue weighted by Gasteiger charge is -2.12. The van der Waals surface area contributed by atoms with Gasteiger partial charge in [-0.15, -0.1) is 0 Å². The lowest BCUT2D eigenvalue weighted by atomic mass is 10.2. The molecule has 0 atom stereocenters. The van der Waals surface area contributed by atoms with Crippen molar-refractivity contribution in [2.45, 2.75) is 6.92 Å². The molecule has 0 bridgehead atoms. The average Bonchev–Trinajstić information content (AvgIpc) is 2.71. The quantitative estimate of drug-likeness (QED) is 0.608. The van der Waals surface area contributed by atoms with E-state index in [-0.39, 0.29) is 11.6 Å². The van der Waals surface area contributed by atoms with Gasteiger partial charge in [0, 0.05) is 16.8 Å². The second-order valence-electron chi connectivity index (χ2n) is 6.04. The molecule has 7 heteroatoms. The van der Waals surface area contributed by atoms with Crippen LogP contribution in [0, 0.1) is 6.92 Å². The zero-order chi connectivity index (χ0) is 20.1. The van der Waals surface area contributed by atoms with Crippen molar-refractivity contribution in [1.29, 1.82) is 0 Å². The second kappa shape index (κ2) is 8.63. The van der Waals surface area contributed by atoms with Crippen molar-refractivity contribution in [1.82, 2.24) is 4.98 Å². The standard InChI is InChI=1S/C21H20ClN3O3/c1-13-4-5-14(10-17(13)22)24-15-6-8-19(23-12-15)21(26)25-18-9-7-16(27-2)11-20(18)28-3/h4-12,24H,1-3H3,(H,25,26). The number of ether oxygens (including phenoxy) is 2. The van der Waals surface area contributed by atoms with E-state index < -0.39 is 0 Å². The number of aromatic nitrogens is 1. The predicted octanol–water partition coefficient (Wildman–Crippen LogP) is 5.06. The Hall–Kier alpha value is -3.25. The number of pyridine rings is 1. The van der Waals surface area contributed by atoms with Crippen LogP contribution >= 0.6 is 11.6 Å². The summed E-state index contributed by atoms with van der Waals surface area (Å²) in [6.45, 7) is 1.94. The van der Waals surface area contributed by atoms with Crippen LogP contribution in [0.1, 0.15) is 16.1 Å². The molecule has 0 unspecified atom stereocenters. The van der Waals surface area contributed by atoms with Crippen LogP contribution in [-0.2, 0) is 0 Å². The van der Waals surface area contributed by atoms with Crippen molar-refractivity contribution in [2.24, 2.45) is 0 Å². The molecule has 2 aromatic carbocycles. The Morgan fingerprint density at radius 1 is 1.00 bits per heavy atom. The third-order valence-corrected chi connectivity index (χ3v) is 4.52. The number of rotatable bonds is 6. The van der Waals surface area contributed by atoms with Gasteiger partial charge in [-0.2, -0.15) is 0 Å². The van der Waals surface area contributed by atoms with Gasteiger partial charge in [-0.3, -0.25) is 4.79 Å². The van der Waals surface area contributed by atoms with Gasteiger partial charge in [-0.1, -0.05) is 17.7 Å². The summed E-state index contributed by atoms with van der Waals surface area (Å²) in [6.07, 6.45) is 1.59. The fourth-order valence-electron chi connectivity index (χ4n) is 2.53. The highest BCUT2D eigenvalue weighted by Crippen LogP contribution is 2.29. The summed E-state index contributed by atoms with van der Waals surface area (Å²) in [5.41, 5.74) is 3.42. The molecule has 0 saturated carbocycles. The molecule has 0 aliphatic rings. The third-order valence-electron chi connectivity index (χ3n) is 4.11. The van der Waals surface area contributed by atoms with E-state index in [0.717, 1.165) is 16.9 Å². The third kappa shape index (κ3) is 4.53. The van der Waals surface area contributed by atoms with Gasteiger partial charge < -0.3 is 20.1 Å². The van der Waals surface area contributed by atoms with Crippen LogP contribution in [0.3, 0.4) is 0 Å². The number of carbonyl (C=O) groups excluding carboxylic acids is 1. The normalized spacial score (nSPS) is 10.3. The molecule has 0 spiro atoms. The summed E-state index contributed by atoms with van der Waals surface area (Å²) in [5, 5.41) is 6.68. The fourth-order valence-corrected chi connectivity index (χ4v) is 2.71. The number of nitrogens with zero attached hydrogens (tertiary/aromatic N) is 1. The molecular formula is C21H20ClN3O3.